The third kappa shape index (κ3) is 4.95. The molecule has 0 N–H and O–H groups in total. The molecule has 0 atom stereocenters. The molecule has 0 spiro atoms. The van der Waals surface area contributed by atoms with Gasteiger partial charge in [-0.05, 0) is 114 Å². The SMILES string of the molecule is CCCc1ccc2ccc(-c3c4ccccc4c(-c4ccc(-c5cccc(-c6ccccn6)c5)cc4C)c4ccccc34)cc2c1. The number of nitrogens with zero attached hydrogens (tertiary/aromatic N) is 1. The second-order valence-corrected chi connectivity index (χ2v) is 12.3. The topological polar surface area (TPSA) is 12.9 Å². The van der Waals surface area contributed by atoms with Gasteiger partial charge < -0.3 is 0 Å². The van der Waals surface area contributed by atoms with E-state index >= 15 is 0 Å². The highest BCUT2D eigenvalue weighted by molar-refractivity contribution is 6.22. The minimum absolute atomic E-state index is 0.989. The Morgan fingerprint density at radius 1 is 0.478 bits per heavy atom. The molecule has 0 aliphatic heterocycles. The first-order valence-electron chi connectivity index (χ1n) is 16.3. The predicted octanol–water partition coefficient (Wildman–Crippen LogP) is 12.5. The van der Waals surface area contributed by atoms with Crippen LogP contribution in [0.5, 0.6) is 0 Å². The Kier molecular flexibility index (Phi) is 7.15. The van der Waals surface area contributed by atoms with E-state index in [9.17, 15) is 0 Å². The van der Waals surface area contributed by atoms with Gasteiger partial charge in [-0.15, -0.1) is 0 Å². The van der Waals surface area contributed by atoms with Crippen molar-refractivity contribution in [3.05, 3.63) is 163 Å². The van der Waals surface area contributed by atoms with Crippen LogP contribution in [-0.2, 0) is 6.42 Å². The molecular formula is C45H35N. The fourth-order valence-corrected chi connectivity index (χ4v) is 7.14. The number of aryl methyl sites for hydroxylation is 2. The summed E-state index contributed by atoms with van der Waals surface area (Å²) in [7, 11) is 0. The Balaban J connectivity index is 1.30. The van der Waals surface area contributed by atoms with Gasteiger partial charge in [-0.3, -0.25) is 4.98 Å². The van der Waals surface area contributed by atoms with Crippen LogP contribution in [0.25, 0.3) is 77.0 Å². The van der Waals surface area contributed by atoms with E-state index in [1.807, 2.05) is 18.3 Å². The van der Waals surface area contributed by atoms with E-state index in [2.05, 4.69) is 152 Å². The van der Waals surface area contributed by atoms with E-state index in [-0.39, 0.29) is 0 Å². The minimum atomic E-state index is 0.989. The lowest BCUT2D eigenvalue weighted by atomic mass is 9.84. The van der Waals surface area contributed by atoms with Gasteiger partial charge in [-0.1, -0.05) is 135 Å². The van der Waals surface area contributed by atoms with E-state index < -0.39 is 0 Å². The van der Waals surface area contributed by atoms with Crippen molar-refractivity contribution in [1.82, 2.24) is 4.98 Å². The summed E-state index contributed by atoms with van der Waals surface area (Å²) in [6.45, 7) is 4.49. The van der Waals surface area contributed by atoms with Gasteiger partial charge in [-0.2, -0.15) is 0 Å². The van der Waals surface area contributed by atoms with Crippen LogP contribution in [0.15, 0.2) is 152 Å². The van der Waals surface area contributed by atoms with Crippen LogP contribution in [0.1, 0.15) is 24.5 Å². The molecule has 0 bridgehead atoms. The third-order valence-electron chi connectivity index (χ3n) is 9.32. The van der Waals surface area contributed by atoms with Crippen LogP contribution in [0.3, 0.4) is 0 Å². The third-order valence-corrected chi connectivity index (χ3v) is 9.32. The maximum Gasteiger partial charge on any atom is 0.0702 e. The van der Waals surface area contributed by atoms with Gasteiger partial charge in [0, 0.05) is 11.8 Å². The van der Waals surface area contributed by atoms with Crippen molar-refractivity contribution in [2.24, 2.45) is 0 Å². The summed E-state index contributed by atoms with van der Waals surface area (Å²) < 4.78 is 0. The summed E-state index contributed by atoms with van der Waals surface area (Å²) >= 11 is 0. The normalized spacial score (nSPS) is 11.4. The first-order chi connectivity index (χ1) is 22.7. The number of hydrogen-bond acceptors (Lipinski definition) is 1. The molecule has 0 amide bonds. The van der Waals surface area contributed by atoms with Crippen LogP contribution >= 0.6 is 0 Å². The molecule has 8 aromatic rings. The molecule has 0 aliphatic rings. The summed E-state index contributed by atoms with van der Waals surface area (Å²) in [6, 6.07) is 53.4. The zero-order valence-corrected chi connectivity index (χ0v) is 26.3. The molecule has 0 unspecified atom stereocenters. The molecule has 46 heavy (non-hydrogen) atoms. The number of aromatic nitrogens is 1. The Morgan fingerprint density at radius 2 is 1.13 bits per heavy atom. The number of fused-ring (bicyclic) bond motifs is 3. The van der Waals surface area contributed by atoms with Crippen LogP contribution in [0.2, 0.25) is 0 Å². The minimum Gasteiger partial charge on any atom is -0.256 e. The van der Waals surface area contributed by atoms with Gasteiger partial charge in [0.05, 0.1) is 5.69 Å². The van der Waals surface area contributed by atoms with Crippen molar-refractivity contribution in [2.45, 2.75) is 26.7 Å². The standard InChI is InChI=1S/C45H35N/c1-3-11-31-19-20-32-21-22-36(29-37(32)27-31)44-39-14-4-6-16-41(39)45(42-17-7-5-15-40(42)44)38-24-23-34(26-30(38)2)33-12-10-13-35(28-33)43-18-8-9-25-46-43/h4-10,12-29H,3,11H2,1-2H3. The first kappa shape index (κ1) is 28.0. The largest absolute Gasteiger partial charge is 0.256 e. The Hall–Kier alpha value is -5.53. The summed E-state index contributed by atoms with van der Waals surface area (Å²) in [5.74, 6) is 0. The van der Waals surface area contributed by atoms with E-state index in [0.29, 0.717) is 0 Å². The average molecular weight is 590 g/mol. The number of hydrogen-bond donors (Lipinski definition) is 0. The van der Waals surface area contributed by atoms with Crippen molar-refractivity contribution >= 4 is 32.3 Å². The maximum atomic E-state index is 4.57. The highest BCUT2D eigenvalue weighted by Gasteiger charge is 2.18. The van der Waals surface area contributed by atoms with Gasteiger partial charge in [-0.25, -0.2) is 0 Å². The van der Waals surface area contributed by atoms with Gasteiger partial charge >= 0.3 is 0 Å². The number of benzene rings is 7. The first-order valence-corrected chi connectivity index (χ1v) is 16.3. The van der Waals surface area contributed by atoms with Gasteiger partial charge in [0.2, 0.25) is 0 Å². The molecule has 1 heterocycles. The monoisotopic (exact) mass is 589 g/mol. The number of rotatable bonds is 6. The lowest BCUT2D eigenvalue weighted by Gasteiger charge is -2.19. The molecule has 8 rings (SSSR count). The predicted molar refractivity (Wildman–Crippen MR) is 197 cm³/mol. The quantitative estimate of drug-likeness (QED) is 0.176. The fourth-order valence-electron chi connectivity index (χ4n) is 7.14. The van der Waals surface area contributed by atoms with Crippen LogP contribution in [-0.4, -0.2) is 4.98 Å². The molecule has 0 saturated heterocycles. The molecule has 220 valence electrons. The van der Waals surface area contributed by atoms with Gasteiger partial charge in [0.15, 0.2) is 0 Å². The second kappa shape index (κ2) is 11.8. The fraction of sp³-hybridized carbons (Fsp3) is 0.0889. The van der Waals surface area contributed by atoms with Crippen molar-refractivity contribution in [1.29, 1.82) is 0 Å². The van der Waals surface area contributed by atoms with E-state index in [1.165, 1.54) is 76.8 Å². The van der Waals surface area contributed by atoms with E-state index in [4.69, 9.17) is 0 Å². The summed E-state index contributed by atoms with van der Waals surface area (Å²) in [4.78, 5) is 4.57. The van der Waals surface area contributed by atoms with Crippen molar-refractivity contribution in [2.75, 3.05) is 0 Å². The zero-order chi connectivity index (χ0) is 31.0. The molecule has 1 aromatic heterocycles. The molecule has 1 heteroatoms. The molecule has 1 nitrogen and oxygen atoms in total. The lowest BCUT2D eigenvalue weighted by molar-refractivity contribution is 0.924. The smallest absolute Gasteiger partial charge is 0.0702 e. The van der Waals surface area contributed by atoms with Crippen molar-refractivity contribution in [3.8, 4) is 44.6 Å². The summed E-state index contributed by atoms with van der Waals surface area (Å²) in [6.07, 6.45) is 4.11. The van der Waals surface area contributed by atoms with Crippen molar-refractivity contribution < 1.29 is 0 Å². The Bertz CT molecular complexity index is 2330. The van der Waals surface area contributed by atoms with Crippen LogP contribution in [0.4, 0.5) is 0 Å². The van der Waals surface area contributed by atoms with Gasteiger partial charge in [0.25, 0.3) is 0 Å². The highest BCUT2D eigenvalue weighted by atomic mass is 14.7. The summed E-state index contributed by atoms with van der Waals surface area (Å²) in [5.41, 5.74) is 12.3. The molecule has 0 fully saturated rings. The van der Waals surface area contributed by atoms with E-state index in [0.717, 1.165) is 24.1 Å². The van der Waals surface area contributed by atoms with Crippen LogP contribution in [0, 0.1) is 6.92 Å². The molecule has 0 saturated carbocycles. The van der Waals surface area contributed by atoms with E-state index in [1.54, 1.807) is 0 Å². The summed E-state index contributed by atoms with van der Waals surface area (Å²) in [5, 5.41) is 7.72. The maximum absolute atomic E-state index is 4.57. The zero-order valence-electron chi connectivity index (χ0n) is 26.3. The van der Waals surface area contributed by atoms with Crippen molar-refractivity contribution in [3.63, 3.8) is 0 Å². The number of pyridine rings is 1. The second-order valence-electron chi connectivity index (χ2n) is 12.3. The molecular weight excluding hydrogens is 555 g/mol. The molecule has 0 aliphatic carbocycles. The molecule has 0 radical (unpaired) electrons. The Labute approximate surface area is 270 Å². The molecule has 7 aromatic carbocycles. The average Bonchev–Trinajstić information content (AvgIpc) is 3.11. The van der Waals surface area contributed by atoms with Crippen LogP contribution < -0.4 is 0 Å². The van der Waals surface area contributed by atoms with Gasteiger partial charge in [0.1, 0.15) is 0 Å². The highest BCUT2D eigenvalue weighted by Crippen LogP contribution is 2.45. The lowest BCUT2D eigenvalue weighted by Crippen LogP contribution is -1.93. The Morgan fingerprint density at radius 3 is 1.83 bits per heavy atom.